The fraction of sp³-hybridized carbons (Fsp3) is 0.812. The van der Waals surface area contributed by atoms with Gasteiger partial charge in [0, 0.05) is 30.4 Å². The maximum atomic E-state index is 12.0. The van der Waals surface area contributed by atoms with Crippen LogP contribution in [-0.4, -0.2) is 53.4 Å². The average Bonchev–Trinajstić information content (AvgIpc) is 3.40. The second-order valence-corrected chi connectivity index (χ2v) is 6.88. The van der Waals surface area contributed by atoms with Gasteiger partial charge in [-0.3, -0.25) is 4.79 Å². The molecule has 1 heterocycles. The molecule has 6 heteroatoms. The molecule has 0 aromatic heterocycles. The van der Waals surface area contributed by atoms with Crippen molar-refractivity contribution in [3.63, 3.8) is 0 Å². The number of hydrogen-bond donors (Lipinski definition) is 3. The molecule has 0 spiro atoms. The van der Waals surface area contributed by atoms with E-state index in [9.17, 15) is 9.90 Å². The van der Waals surface area contributed by atoms with E-state index < -0.39 is 11.9 Å². The number of aliphatic hydroxyl groups excluding tert-OH is 2. The number of amides is 1. The Kier molecular flexibility index (Phi) is 3.52. The number of ether oxygens (including phenoxy) is 2. The first kappa shape index (κ1) is 14.6. The van der Waals surface area contributed by atoms with E-state index in [2.05, 4.69) is 5.32 Å². The topological polar surface area (TPSA) is 88.0 Å². The van der Waals surface area contributed by atoms with Crippen LogP contribution in [0.25, 0.3) is 0 Å². The first-order chi connectivity index (χ1) is 10.6. The molecule has 6 nitrogen and oxygen atoms in total. The highest BCUT2D eigenvalue weighted by atomic mass is 16.8. The van der Waals surface area contributed by atoms with Gasteiger partial charge >= 0.3 is 0 Å². The molecule has 22 heavy (non-hydrogen) atoms. The monoisotopic (exact) mass is 309 g/mol. The Bertz CT molecular complexity index is 485. The number of aliphatic hydroxyl groups is 2. The van der Waals surface area contributed by atoms with E-state index in [0.29, 0.717) is 17.4 Å². The minimum Gasteiger partial charge on any atom is -0.395 e. The van der Waals surface area contributed by atoms with E-state index >= 15 is 0 Å². The first-order valence-corrected chi connectivity index (χ1v) is 8.27. The number of hydrogen-bond acceptors (Lipinski definition) is 5. The highest BCUT2D eigenvalue weighted by molar-refractivity contribution is 5.93. The van der Waals surface area contributed by atoms with Crippen LogP contribution in [0.1, 0.15) is 32.1 Å². The summed E-state index contributed by atoms with van der Waals surface area (Å²) >= 11 is 0. The molecule has 3 fully saturated rings. The molecule has 122 valence electrons. The number of fused-ring (bicyclic) bond motifs is 1. The Balaban J connectivity index is 1.53. The Morgan fingerprint density at radius 2 is 1.95 bits per heavy atom. The van der Waals surface area contributed by atoms with Crippen molar-refractivity contribution in [3.05, 3.63) is 11.6 Å². The van der Waals surface area contributed by atoms with Gasteiger partial charge in [0.05, 0.1) is 12.7 Å². The summed E-state index contributed by atoms with van der Waals surface area (Å²) in [6.45, 7) is 0.117. The second kappa shape index (κ2) is 5.30. The van der Waals surface area contributed by atoms with Crippen molar-refractivity contribution in [2.75, 3.05) is 13.2 Å². The maximum absolute atomic E-state index is 12.0. The van der Waals surface area contributed by atoms with Crippen molar-refractivity contribution in [3.8, 4) is 0 Å². The molecule has 0 aromatic carbocycles. The summed E-state index contributed by atoms with van der Waals surface area (Å²) < 4.78 is 12.5. The second-order valence-electron chi connectivity index (χ2n) is 6.88. The van der Waals surface area contributed by atoms with Gasteiger partial charge < -0.3 is 25.0 Å². The molecular weight excluding hydrogens is 286 g/mol. The van der Waals surface area contributed by atoms with Crippen LogP contribution >= 0.6 is 0 Å². The smallest absolute Gasteiger partial charge is 0.247 e. The largest absolute Gasteiger partial charge is 0.395 e. The Hall–Kier alpha value is -0.950. The van der Waals surface area contributed by atoms with Crippen LogP contribution in [0.2, 0.25) is 0 Å². The Morgan fingerprint density at radius 3 is 2.55 bits per heavy atom. The van der Waals surface area contributed by atoms with E-state index in [1.54, 1.807) is 6.08 Å². The highest BCUT2D eigenvalue weighted by Crippen LogP contribution is 2.59. The van der Waals surface area contributed by atoms with Gasteiger partial charge in [0.1, 0.15) is 12.2 Å². The molecule has 4 rings (SSSR count). The summed E-state index contributed by atoms with van der Waals surface area (Å²) in [5.41, 5.74) is 0.521. The predicted molar refractivity (Wildman–Crippen MR) is 76.7 cm³/mol. The molecular formula is C16H23NO5. The molecule has 1 saturated heterocycles. The van der Waals surface area contributed by atoms with E-state index in [0.717, 1.165) is 25.7 Å². The molecule has 3 aliphatic carbocycles. The summed E-state index contributed by atoms with van der Waals surface area (Å²) in [4.78, 5) is 12.0. The Labute approximate surface area is 129 Å². The third kappa shape index (κ3) is 2.38. The van der Waals surface area contributed by atoms with Gasteiger partial charge in [-0.15, -0.1) is 0 Å². The SMILES string of the molecule is O=C(NCCO)C1=CC2OC(C3CC3)(C3CC3)OC2C(O)C1. The van der Waals surface area contributed by atoms with Gasteiger partial charge in [0.2, 0.25) is 5.91 Å². The van der Waals surface area contributed by atoms with Crippen LogP contribution < -0.4 is 5.32 Å². The summed E-state index contributed by atoms with van der Waals surface area (Å²) in [6, 6.07) is 0. The number of carbonyl (C=O) groups excluding carboxylic acids is 1. The zero-order valence-corrected chi connectivity index (χ0v) is 12.5. The summed E-state index contributed by atoms with van der Waals surface area (Å²) in [5, 5.41) is 21.8. The third-order valence-electron chi connectivity index (χ3n) is 5.12. The zero-order chi connectivity index (χ0) is 15.3. The van der Waals surface area contributed by atoms with Gasteiger partial charge in [-0.05, 0) is 31.8 Å². The molecule has 3 unspecified atom stereocenters. The standard InChI is InChI=1S/C16H23NO5/c18-6-5-17-15(20)9-7-12(19)14-13(8-9)21-16(22-14,10-1-2-10)11-3-4-11/h8,10-14,18-19H,1-7H2,(H,17,20). The van der Waals surface area contributed by atoms with E-state index in [1.165, 1.54) is 0 Å². The number of carbonyl (C=O) groups is 1. The lowest BCUT2D eigenvalue weighted by molar-refractivity contribution is -0.209. The van der Waals surface area contributed by atoms with E-state index in [1.807, 2.05) is 0 Å². The normalized spacial score (nSPS) is 36.6. The predicted octanol–water partition coefficient (Wildman–Crippen LogP) is 0.0862. The lowest BCUT2D eigenvalue weighted by atomic mass is 9.92. The van der Waals surface area contributed by atoms with E-state index in [4.69, 9.17) is 14.6 Å². The van der Waals surface area contributed by atoms with Gasteiger partial charge in [-0.2, -0.15) is 0 Å². The molecule has 0 aromatic rings. The molecule has 0 radical (unpaired) electrons. The Morgan fingerprint density at radius 1 is 1.27 bits per heavy atom. The minimum atomic E-state index is -0.718. The maximum Gasteiger partial charge on any atom is 0.247 e. The summed E-state index contributed by atoms with van der Waals surface area (Å²) in [5.74, 6) is 0.116. The van der Waals surface area contributed by atoms with Crippen LogP contribution in [0.15, 0.2) is 11.6 Å². The van der Waals surface area contributed by atoms with Crippen LogP contribution in [0.5, 0.6) is 0 Å². The highest BCUT2D eigenvalue weighted by Gasteiger charge is 2.64. The van der Waals surface area contributed by atoms with E-state index in [-0.39, 0.29) is 37.7 Å². The van der Waals surface area contributed by atoms with Gasteiger partial charge in [0.25, 0.3) is 0 Å². The molecule has 2 saturated carbocycles. The van der Waals surface area contributed by atoms with Gasteiger partial charge in [-0.25, -0.2) is 0 Å². The number of nitrogens with one attached hydrogen (secondary N) is 1. The molecule has 1 aliphatic heterocycles. The van der Waals surface area contributed by atoms with Crippen molar-refractivity contribution >= 4 is 5.91 Å². The van der Waals surface area contributed by atoms with Crippen molar-refractivity contribution in [1.29, 1.82) is 0 Å². The third-order valence-corrected chi connectivity index (χ3v) is 5.12. The quantitative estimate of drug-likeness (QED) is 0.670. The molecule has 4 aliphatic rings. The lowest BCUT2D eigenvalue weighted by Gasteiger charge is -2.29. The zero-order valence-electron chi connectivity index (χ0n) is 12.5. The van der Waals surface area contributed by atoms with Gasteiger partial charge in [-0.1, -0.05) is 0 Å². The molecule has 0 bridgehead atoms. The van der Waals surface area contributed by atoms with Crippen LogP contribution in [-0.2, 0) is 14.3 Å². The van der Waals surface area contributed by atoms with Crippen LogP contribution in [0, 0.1) is 11.8 Å². The van der Waals surface area contributed by atoms with Crippen molar-refractivity contribution in [2.24, 2.45) is 11.8 Å². The summed E-state index contributed by atoms with van der Waals surface area (Å²) in [7, 11) is 0. The first-order valence-electron chi connectivity index (χ1n) is 8.27. The fourth-order valence-corrected chi connectivity index (χ4v) is 3.76. The molecule has 3 N–H and O–H groups in total. The van der Waals surface area contributed by atoms with Crippen LogP contribution in [0.4, 0.5) is 0 Å². The fourth-order valence-electron chi connectivity index (χ4n) is 3.76. The average molecular weight is 309 g/mol. The summed E-state index contributed by atoms with van der Waals surface area (Å²) in [6.07, 6.45) is 5.14. The van der Waals surface area contributed by atoms with Crippen molar-refractivity contribution in [2.45, 2.75) is 56.2 Å². The van der Waals surface area contributed by atoms with Gasteiger partial charge in [0.15, 0.2) is 5.79 Å². The molecule has 3 atom stereocenters. The minimum absolute atomic E-state index is 0.0975. The van der Waals surface area contributed by atoms with Crippen LogP contribution in [0.3, 0.4) is 0 Å². The molecule has 1 amide bonds. The number of rotatable bonds is 5. The lowest BCUT2D eigenvalue weighted by Crippen LogP contribution is -2.41. The van der Waals surface area contributed by atoms with Crippen molar-refractivity contribution in [1.82, 2.24) is 5.32 Å². The van der Waals surface area contributed by atoms with Crippen molar-refractivity contribution < 1.29 is 24.5 Å².